The summed E-state index contributed by atoms with van der Waals surface area (Å²) < 4.78 is 0. The summed E-state index contributed by atoms with van der Waals surface area (Å²) in [6.07, 6.45) is 6.18. The van der Waals surface area contributed by atoms with Gasteiger partial charge in [-0.3, -0.25) is 0 Å². The molecule has 0 saturated heterocycles. The molecule has 0 N–H and O–H groups in total. The lowest BCUT2D eigenvalue weighted by Crippen LogP contribution is -2.39. The van der Waals surface area contributed by atoms with Gasteiger partial charge in [-0.15, -0.1) is 0 Å². The van der Waals surface area contributed by atoms with Gasteiger partial charge in [-0.05, 0) is 68.8 Å². The molecule has 0 aromatic heterocycles. The molecular formula is C25H30Cl2N2. The second-order valence-corrected chi connectivity index (χ2v) is 8.90. The number of nitriles is 1. The van der Waals surface area contributed by atoms with Crippen LogP contribution in [0.25, 0.3) is 0 Å². The molecule has 2 nitrogen and oxygen atoms in total. The van der Waals surface area contributed by atoms with Gasteiger partial charge in [0, 0.05) is 22.2 Å². The van der Waals surface area contributed by atoms with Crippen molar-refractivity contribution in [2.75, 3.05) is 19.6 Å². The lowest BCUT2D eigenvalue weighted by molar-refractivity contribution is 0.186. The van der Waals surface area contributed by atoms with E-state index in [0.717, 1.165) is 57.3 Å². The number of likely N-dealkylation sites (N-methyl/N-ethyl adjacent to an activating group) is 1. The number of hydrogen-bond donors (Lipinski definition) is 0. The lowest BCUT2D eigenvalue weighted by atomic mass is 9.60. The zero-order valence-corrected chi connectivity index (χ0v) is 18.7. The third-order valence-corrected chi connectivity index (χ3v) is 7.09. The van der Waals surface area contributed by atoms with Crippen molar-refractivity contribution in [3.05, 3.63) is 69.7 Å². The first-order chi connectivity index (χ1) is 14.1. The number of nitrogens with zero attached hydrogens (tertiary/aromatic N) is 2. The second-order valence-electron chi connectivity index (χ2n) is 8.08. The molecule has 29 heavy (non-hydrogen) atoms. The molecular weight excluding hydrogens is 399 g/mol. The molecule has 3 rings (SSSR count). The first kappa shape index (κ1) is 22.2. The maximum atomic E-state index is 10.3. The van der Waals surface area contributed by atoms with Gasteiger partial charge < -0.3 is 4.90 Å². The van der Waals surface area contributed by atoms with E-state index in [-0.39, 0.29) is 0 Å². The molecule has 4 heteroatoms. The topological polar surface area (TPSA) is 27.0 Å². The maximum Gasteiger partial charge on any atom is 0.0879 e. The molecule has 0 amide bonds. The first-order valence-corrected chi connectivity index (χ1v) is 11.5. The maximum absolute atomic E-state index is 10.3. The molecule has 1 unspecified atom stereocenters. The van der Waals surface area contributed by atoms with Crippen LogP contribution in [0.5, 0.6) is 0 Å². The fourth-order valence-electron chi connectivity index (χ4n) is 4.50. The number of rotatable bonds is 10. The Kier molecular flexibility index (Phi) is 8.01. The summed E-state index contributed by atoms with van der Waals surface area (Å²) in [6, 6.07) is 18.9. The summed E-state index contributed by atoms with van der Waals surface area (Å²) >= 11 is 13.1. The van der Waals surface area contributed by atoms with Crippen LogP contribution in [0.4, 0.5) is 0 Å². The zero-order valence-electron chi connectivity index (χ0n) is 17.2. The van der Waals surface area contributed by atoms with E-state index in [1.54, 1.807) is 0 Å². The molecule has 0 spiro atoms. The van der Waals surface area contributed by atoms with E-state index in [9.17, 15) is 5.26 Å². The predicted octanol–water partition coefficient (Wildman–Crippen LogP) is 6.90. The molecule has 154 valence electrons. The summed E-state index contributed by atoms with van der Waals surface area (Å²) in [6.45, 7) is 5.25. The van der Waals surface area contributed by atoms with Crippen molar-refractivity contribution in [1.29, 1.82) is 5.26 Å². The number of halogens is 2. The highest BCUT2D eigenvalue weighted by molar-refractivity contribution is 6.36. The Morgan fingerprint density at radius 3 is 2.28 bits per heavy atom. The lowest BCUT2D eigenvalue weighted by Gasteiger charge is -2.42. The Hall–Kier alpha value is -1.53. The molecule has 0 radical (unpaired) electrons. The van der Waals surface area contributed by atoms with Gasteiger partial charge in [0.2, 0.25) is 0 Å². The Balaban J connectivity index is 1.68. The van der Waals surface area contributed by atoms with E-state index in [1.165, 1.54) is 12.0 Å². The normalized spacial score (nSPS) is 16.2. The fourth-order valence-corrected chi connectivity index (χ4v) is 5.24. The Morgan fingerprint density at radius 1 is 1.03 bits per heavy atom. The molecule has 0 bridgehead atoms. The summed E-state index contributed by atoms with van der Waals surface area (Å²) in [7, 11) is 0. The van der Waals surface area contributed by atoms with Crippen molar-refractivity contribution < 1.29 is 0 Å². The summed E-state index contributed by atoms with van der Waals surface area (Å²) in [4.78, 5) is 2.48. The van der Waals surface area contributed by atoms with Crippen LogP contribution < -0.4 is 0 Å². The van der Waals surface area contributed by atoms with E-state index >= 15 is 0 Å². The molecule has 1 fully saturated rings. The minimum absolute atomic E-state index is 0.351. The van der Waals surface area contributed by atoms with Gasteiger partial charge in [0.1, 0.15) is 0 Å². The van der Waals surface area contributed by atoms with Gasteiger partial charge >= 0.3 is 0 Å². The molecule has 2 aromatic carbocycles. The van der Waals surface area contributed by atoms with E-state index in [4.69, 9.17) is 23.2 Å². The number of benzene rings is 2. The minimum Gasteiger partial charge on any atom is -0.303 e. The Morgan fingerprint density at radius 2 is 1.72 bits per heavy atom. The number of hydrogen-bond acceptors (Lipinski definition) is 2. The van der Waals surface area contributed by atoms with Gasteiger partial charge in [0.15, 0.2) is 0 Å². The molecule has 2 aromatic rings. The molecule has 1 aliphatic rings. The summed E-state index contributed by atoms with van der Waals surface area (Å²) in [5.41, 5.74) is 1.64. The minimum atomic E-state index is -0.577. The van der Waals surface area contributed by atoms with Gasteiger partial charge in [0.25, 0.3) is 0 Å². The average Bonchev–Trinajstić information content (AvgIpc) is 2.69. The van der Waals surface area contributed by atoms with Gasteiger partial charge in [-0.2, -0.15) is 5.26 Å². The monoisotopic (exact) mass is 428 g/mol. The van der Waals surface area contributed by atoms with Crippen LogP contribution in [0.3, 0.4) is 0 Å². The smallest absolute Gasteiger partial charge is 0.0879 e. The van der Waals surface area contributed by atoms with Crippen molar-refractivity contribution in [2.24, 2.45) is 5.92 Å². The van der Waals surface area contributed by atoms with Crippen LogP contribution in [0.2, 0.25) is 10.0 Å². The highest BCUT2D eigenvalue weighted by Crippen LogP contribution is 2.50. The molecule has 0 aliphatic heterocycles. The summed E-state index contributed by atoms with van der Waals surface area (Å²) in [5, 5.41) is 11.6. The van der Waals surface area contributed by atoms with Gasteiger partial charge in [-0.25, -0.2) is 0 Å². The standard InChI is InChI=1S/C25H30Cl2N2/c1-2-29(18-15-20-9-4-3-5-10-20)17-8-16-25(19-28,21-11-6-12-21)24-22(26)13-7-14-23(24)27/h3-5,7,9-10,13-14,21H,2,6,8,11-12,15-18H2,1H3. The molecule has 1 aliphatic carbocycles. The Labute approximate surface area is 185 Å². The third kappa shape index (κ3) is 5.15. The first-order valence-electron chi connectivity index (χ1n) is 10.7. The van der Waals surface area contributed by atoms with Crippen molar-refractivity contribution in [2.45, 2.75) is 50.9 Å². The van der Waals surface area contributed by atoms with Crippen LogP contribution in [-0.4, -0.2) is 24.5 Å². The second kappa shape index (κ2) is 10.5. The van der Waals surface area contributed by atoms with Crippen molar-refractivity contribution in [1.82, 2.24) is 4.90 Å². The third-order valence-electron chi connectivity index (χ3n) is 6.46. The Bertz CT molecular complexity index is 806. The average molecular weight is 429 g/mol. The van der Waals surface area contributed by atoms with E-state index in [2.05, 4.69) is 48.2 Å². The zero-order chi connectivity index (χ0) is 20.7. The highest BCUT2D eigenvalue weighted by Gasteiger charge is 2.45. The van der Waals surface area contributed by atoms with Crippen LogP contribution in [-0.2, 0) is 11.8 Å². The van der Waals surface area contributed by atoms with Crippen LogP contribution in [0, 0.1) is 17.2 Å². The largest absolute Gasteiger partial charge is 0.303 e. The molecule has 0 heterocycles. The fraction of sp³-hybridized carbons (Fsp3) is 0.480. The van der Waals surface area contributed by atoms with Crippen LogP contribution in [0.1, 0.15) is 50.2 Å². The van der Waals surface area contributed by atoms with Gasteiger partial charge in [0.05, 0.1) is 11.5 Å². The van der Waals surface area contributed by atoms with E-state index in [0.29, 0.717) is 16.0 Å². The van der Waals surface area contributed by atoms with Crippen molar-refractivity contribution in [3.63, 3.8) is 0 Å². The molecule has 1 saturated carbocycles. The molecule has 1 atom stereocenters. The quantitative estimate of drug-likeness (QED) is 0.411. The predicted molar refractivity (Wildman–Crippen MR) is 123 cm³/mol. The highest BCUT2D eigenvalue weighted by atomic mass is 35.5. The van der Waals surface area contributed by atoms with Gasteiger partial charge in [-0.1, -0.05) is 72.9 Å². The van der Waals surface area contributed by atoms with Crippen molar-refractivity contribution >= 4 is 23.2 Å². The summed E-state index contributed by atoms with van der Waals surface area (Å²) in [5.74, 6) is 0.351. The van der Waals surface area contributed by atoms with Crippen molar-refractivity contribution in [3.8, 4) is 6.07 Å². The van der Waals surface area contributed by atoms with E-state index in [1.807, 2.05) is 18.2 Å². The van der Waals surface area contributed by atoms with Crippen LogP contribution in [0.15, 0.2) is 48.5 Å². The van der Waals surface area contributed by atoms with E-state index < -0.39 is 5.41 Å². The SMILES string of the molecule is CCN(CCCC(C#N)(c1c(Cl)cccc1Cl)C1CCC1)CCc1ccccc1. The van der Waals surface area contributed by atoms with Crippen LogP contribution >= 0.6 is 23.2 Å².